The maximum Gasteiger partial charge on any atom is 0.306 e. The van der Waals surface area contributed by atoms with Crippen LogP contribution in [0.2, 0.25) is 0 Å². The average molecular weight is 835 g/mol. The number of rotatable bonds is 48. The summed E-state index contributed by atoms with van der Waals surface area (Å²) in [6.45, 7) is 9.04. The molecule has 0 aromatic carbocycles. The fourth-order valence-corrected chi connectivity index (χ4v) is 8.01. The largest absolute Gasteiger partial charge is 0.462 e. The molecule has 6 nitrogen and oxygen atoms in total. The molecule has 0 fully saturated rings. The first-order chi connectivity index (χ1) is 28.9. The molecule has 0 aliphatic carbocycles. The van der Waals surface area contributed by atoms with Gasteiger partial charge in [-0.2, -0.15) is 0 Å². The highest BCUT2D eigenvalue weighted by Gasteiger charge is 2.19. The summed E-state index contributed by atoms with van der Waals surface area (Å²) in [6.07, 6.45) is 49.3. The van der Waals surface area contributed by atoms with Crippen molar-refractivity contribution >= 4 is 17.9 Å². The minimum Gasteiger partial charge on any atom is -0.462 e. The third kappa shape index (κ3) is 45.8. The van der Waals surface area contributed by atoms with E-state index < -0.39 is 6.10 Å². The molecule has 2 atom stereocenters. The van der Waals surface area contributed by atoms with Crippen molar-refractivity contribution in [2.45, 2.75) is 303 Å². The highest BCUT2D eigenvalue weighted by Crippen LogP contribution is 2.18. The van der Waals surface area contributed by atoms with Crippen LogP contribution in [0.3, 0.4) is 0 Å². The van der Waals surface area contributed by atoms with Crippen LogP contribution in [0.4, 0.5) is 0 Å². The number of hydrogen-bond acceptors (Lipinski definition) is 6. The zero-order valence-corrected chi connectivity index (χ0v) is 40.2. The van der Waals surface area contributed by atoms with Crippen LogP contribution in [0.15, 0.2) is 0 Å². The summed E-state index contributed by atoms with van der Waals surface area (Å²) >= 11 is 0. The first-order valence-electron chi connectivity index (χ1n) is 26.4. The van der Waals surface area contributed by atoms with Gasteiger partial charge in [0, 0.05) is 19.3 Å². The first-order valence-corrected chi connectivity index (χ1v) is 26.4. The Balaban J connectivity index is 4.32. The summed E-state index contributed by atoms with van der Waals surface area (Å²) < 4.78 is 16.8. The fourth-order valence-electron chi connectivity index (χ4n) is 8.01. The SMILES string of the molecule is CCCCCCCCCCCCCCCCCC(=O)O[C@@H](COC(=O)CCCCCCCCCCCCCCCC)COC(=O)CCCCCCCCCCC(C)CC. The summed E-state index contributed by atoms with van der Waals surface area (Å²) in [5.74, 6) is 0.00421. The Bertz CT molecular complexity index is 889. The lowest BCUT2D eigenvalue weighted by Gasteiger charge is -2.18. The van der Waals surface area contributed by atoms with Crippen molar-refractivity contribution < 1.29 is 28.6 Å². The summed E-state index contributed by atoms with van der Waals surface area (Å²) in [6, 6.07) is 0. The average Bonchev–Trinajstić information content (AvgIpc) is 3.23. The smallest absolute Gasteiger partial charge is 0.306 e. The van der Waals surface area contributed by atoms with E-state index in [1.54, 1.807) is 0 Å². The Morgan fingerprint density at radius 2 is 0.593 bits per heavy atom. The van der Waals surface area contributed by atoms with Gasteiger partial charge in [0.15, 0.2) is 6.10 Å². The molecule has 0 spiro atoms. The van der Waals surface area contributed by atoms with E-state index >= 15 is 0 Å². The molecule has 1 unspecified atom stereocenters. The van der Waals surface area contributed by atoms with Gasteiger partial charge in [0.2, 0.25) is 0 Å². The van der Waals surface area contributed by atoms with Gasteiger partial charge in [-0.05, 0) is 25.2 Å². The monoisotopic (exact) mass is 835 g/mol. The molecule has 0 bridgehead atoms. The van der Waals surface area contributed by atoms with Crippen LogP contribution >= 0.6 is 0 Å². The fraction of sp³-hybridized carbons (Fsp3) is 0.943. The molecule has 6 heteroatoms. The highest BCUT2D eigenvalue weighted by atomic mass is 16.6. The molecule has 0 amide bonds. The molecule has 0 heterocycles. The minimum absolute atomic E-state index is 0.0628. The van der Waals surface area contributed by atoms with E-state index in [9.17, 15) is 14.4 Å². The van der Waals surface area contributed by atoms with Gasteiger partial charge in [-0.25, -0.2) is 0 Å². The van der Waals surface area contributed by atoms with Crippen LogP contribution in [-0.4, -0.2) is 37.2 Å². The van der Waals surface area contributed by atoms with Crippen LogP contribution < -0.4 is 0 Å². The predicted molar refractivity (Wildman–Crippen MR) is 252 cm³/mol. The second-order valence-electron chi connectivity index (χ2n) is 18.4. The number of carbonyl (C=O) groups is 3. The van der Waals surface area contributed by atoms with Crippen LogP contribution in [0.5, 0.6) is 0 Å². The second kappa shape index (κ2) is 47.5. The van der Waals surface area contributed by atoms with Crippen molar-refractivity contribution in [1.82, 2.24) is 0 Å². The third-order valence-electron chi connectivity index (χ3n) is 12.4. The number of hydrogen-bond donors (Lipinski definition) is 0. The molecule has 0 radical (unpaired) electrons. The summed E-state index contributed by atoms with van der Waals surface area (Å²) in [7, 11) is 0. The Morgan fingerprint density at radius 3 is 0.881 bits per heavy atom. The van der Waals surface area contributed by atoms with Gasteiger partial charge in [0.1, 0.15) is 13.2 Å². The molecule has 0 saturated heterocycles. The lowest BCUT2D eigenvalue weighted by Crippen LogP contribution is -2.30. The molecule has 0 aromatic heterocycles. The van der Waals surface area contributed by atoms with E-state index in [1.165, 1.54) is 193 Å². The van der Waals surface area contributed by atoms with E-state index in [2.05, 4.69) is 27.7 Å². The van der Waals surface area contributed by atoms with Gasteiger partial charge in [-0.1, -0.05) is 259 Å². The molecule has 0 aliphatic heterocycles. The Labute approximate surface area is 368 Å². The number of unbranched alkanes of at least 4 members (excludes halogenated alkanes) is 34. The molecular formula is C53H102O6. The first kappa shape index (κ1) is 57.4. The zero-order valence-electron chi connectivity index (χ0n) is 40.2. The van der Waals surface area contributed by atoms with Crippen LogP contribution in [0.1, 0.15) is 297 Å². The Kier molecular flexibility index (Phi) is 46.2. The van der Waals surface area contributed by atoms with E-state index in [-0.39, 0.29) is 31.1 Å². The Hall–Kier alpha value is -1.59. The number of esters is 3. The molecule has 0 aromatic rings. The molecule has 59 heavy (non-hydrogen) atoms. The van der Waals surface area contributed by atoms with E-state index in [4.69, 9.17) is 14.2 Å². The van der Waals surface area contributed by atoms with E-state index in [0.717, 1.165) is 63.7 Å². The lowest BCUT2D eigenvalue weighted by molar-refractivity contribution is -0.167. The van der Waals surface area contributed by atoms with Gasteiger partial charge < -0.3 is 14.2 Å². The molecular weight excluding hydrogens is 733 g/mol. The van der Waals surface area contributed by atoms with Crippen LogP contribution in [0, 0.1) is 5.92 Å². The van der Waals surface area contributed by atoms with Crippen molar-refractivity contribution in [3.63, 3.8) is 0 Å². The molecule has 0 rings (SSSR count). The summed E-state index contributed by atoms with van der Waals surface area (Å²) in [5, 5.41) is 0. The van der Waals surface area contributed by atoms with Gasteiger partial charge in [0.05, 0.1) is 0 Å². The lowest BCUT2D eigenvalue weighted by atomic mass is 9.99. The predicted octanol–water partition coefficient (Wildman–Crippen LogP) is 17.1. The maximum absolute atomic E-state index is 12.8. The van der Waals surface area contributed by atoms with Crippen molar-refractivity contribution in [3.8, 4) is 0 Å². The quantitative estimate of drug-likeness (QED) is 0.0345. The second-order valence-corrected chi connectivity index (χ2v) is 18.4. The van der Waals surface area contributed by atoms with Crippen LogP contribution in [0.25, 0.3) is 0 Å². The topological polar surface area (TPSA) is 78.9 Å². The Morgan fingerprint density at radius 1 is 0.339 bits per heavy atom. The molecule has 350 valence electrons. The summed E-state index contributed by atoms with van der Waals surface area (Å²) in [4.78, 5) is 38.0. The molecule has 0 N–H and O–H groups in total. The molecule has 0 aliphatic rings. The maximum atomic E-state index is 12.8. The van der Waals surface area contributed by atoms with Crippen molar-refractivity contribution in [2.75, 3.05) is 13.2 Å². The normalized spacial score (nSPS) is 12.4. The van der Waals surface area contributed by atoms with Crippen molar-refractivity contribution in [3.05, 3.63) is 0 Å². The standard InChI is InChI=1S/C53H102O6/c1-5-8-10-12-14-16-18-20-22-24-26-28-34-38-42-46-53(56)59-50(48-58-52(55)45-41-37-33-30-29-31-35-39-43-49(4)7-3)47-57-51(54)44-40-36-32-27-25-23-21-19-17-15-13-11-9-6-2/h49-50H,5-48H2,1-4H3/t49?,50-/m0/s1. The van der Waals surface area contributed by atoms with Gasteiger partial charge in [0.25, 0.3) is 0 Å². The third-order valence-corrected chi connectivity index (χ3v) is 12.4. The minimum atomic E-state index is -0.761. The van der Waals surface area contributed by atoms with E-state index in [1.807, 2.05) is 0 Å². The van der Waals surface area contributed by atoms with E-state index in [0.29, 0.717) is 19.3 Å². The van der Waals surface area contributed by atoms with Gasteiger partial charge in [-0.3, -0.25) is 14.4 Å². The van der Waals surface area contributed by atoms with Crippen LogP contribution in [-0.2, 0) is 28.6 Å². The highest BCUT2D eigenvalue weighted by molar-refractivity contribution is 5.71. The summed E-state index contributed by atoms with van der Waals surface area (Å²) in [5.41, 5.74) is 0. The van der Waals surface area contributed by atoms with Gasteiger partial charge >= 0.3 is 17.9 Å². The zero-order chi connectivity index (χ0) is 43.1. The van der Waals surface area contributed by atoms with Gasteiger partial charge in [-0.15, -0.1) is 0 Å². The van der Waals surface area contributed by atoms with Crippen molar-refractivity contribution in [1.29, 1.82) is 0 Å². The number of ether oxygens (including phenoxy) is 3. The van der Waals surface area contributed by atoms with Crippen molar-refractivity contribution in [2.24, 2.45) is 5.92 Å². The number of carbonyl (C=O) groups excluding carboxylic acids is 3. The molecule has 0 saturated carbocycles.